The Morgan fingerprint density at radius 1 is 0.971 bits per heavy atom. The van der Waals surface area contributed by atoms with Crippen LogP contribution in [0.1, 0.15) is 63.5 Å². The summed E-state index contributed by atoms with van der Waals surface area (Å²) in [4.78, 5) is 36.2. The van der Waals surface area contributed by atoms with Crippen molar-refractivity contribution in [3.63, 3.8) is 0 Å². The van der Waals surface area contributed by atoms with Crippen molar-refractivity contribution < 1.29 is 24.2 Å². The van der Waals surface area contributed by atoms with E-state index in [0.29, 0.717) is 19.4 Å². The van der Waals surface area contributed by atoms with Gasteiger partial charge in [0.25, 0.3) is 0 Å². The smallest absolute Gasteiger partial charge is 0.407 e. The normalized spacial score (nSPS) is 14.1. The summed E-state index contributed by atoms with van der Waals surface area (Å²) in [5.74, 6) is -0.999. The van der Waals surface area contributed by atoms with Crippen molar-refractivity contribution in [3.8, 4) is 11.1 Å². The van der Waals surface area contributed by atoms with Crippen molar-refractivity contribution >= 4 is 18.0 Å². The minimum atomic E-state index is -0.806. The number of nitrogens with one attached hydrogen (secondary N) is 2. The molecule has 0 spiro atoms. The van der Waals surface area contributed by atoms with Gasteiger partial charge in [0.2, 0.25) is 5.91 Å². The van der Waals surface area contributed by atoms with Crippen LogP contribution in [0.3, 0.4) is 0 Å². The number of fused-ring (bicyclic) bond motifs is 3. The summed E-state index contributed by atoms with van der Waals surface area (Å²) < 4.78 is 5.60. The summed E-state index contributed by atoms with van der Waals surface area (Å²) in [5.41, 5.74) is 4.58. The Hall–Kier alpha value is -3.35. The zero-order valence-electron chi connectivity index (χ0n) is 20.8. The molecule has 2 atom stereocenters. The Balaban J connectivity index is 1.53. The van der Waals surface area contributed by atoms with Crippen LogP contribution in [0.25, 0.3) is 11.1 Å². The molecule has 0 saturated carbocycles. The molecule has 2 aromatic carbocycles. The number of carbonyl (C=O) groups is 3. The third-order valence-corrected chi connectivity index (χ3v) is 6.76. The Morgan fingerprint density at radius 2 is 1.57 bits per heavy atom. The fourth-order valence-corrected chi connectivity index (χ4v) is 4.69. The molecule has 1 aliphatic rings. The highest BCUT2D eigenvalue weighted by molar-refractivity contribution is 5.86. The summed E-state index contributed by atoms with van der Waals surface area (Å²) in [6.45, 7) is 6.38. The Morgan fingerprint density at radius 3 is 2.11 bits per heavy atom. The van der Waals surface area contributed by atoms with Crippen molar-refractivity contribution in [1.29, 1.82) is 0 Å². The minimum absolute atomic E-state index is 0.0451. The first-order valence-electron chi connectivity index (χ1n) is 12.4. The molecule has 0 saturated heterocycles. The van der Waals surface area contributed by atoms with E-state index in [0.717, 1.165) is 28.7 Å². The van der Waals surface area contributed by atoms with Gasteiger partial charge in [-0.05, 0) is 46.9 Å². The van der Waals surface area contributed by atoms with Crippen molar-refractivity contribution in [2.24, 2.45) is 11.8 Å². The van der Waals surface area contributed by atoms with E-state index >= 15 is 0 Å². The summed E-state index contributed by atoms with van der Waals surface area (Å²) in [5, 5.41) is 14.5. The molecule has 1 aliphatic carbocycles. The van der Waals surface area contributed by atoms with Crippen molar-refractivity contribution in [2.45, 2.75) is 58.4 Å². The van der Waals surface area contributed by atoms with Crippen LogP contribution in [0, 0.1) is 11.8 Å². The predicted octanol–water partition coefficient (Wildman–Crippen LogP) is 4.95. The zero-order chi connectivity index (χ0) is 25.4. The van der Waals surface area contributed by atoms with Gasteiger partial charge < -0.3 is 20.5 Å². The van der Waals surface area contributed by atoms with Gasteiger partial charge in [-0.1, -0.05) is 75.7 Å². The van der Waals surface area contributed by atoms with Gasteiger partial charge >= 0.3 is 12.1 Å². The fraction of sp³-hybridized carbons (Fsp3) is 0.464. The molecule has 2 amide bonds. The fourth-order valence-electron chi connectivity index (χ4n) is 4.69. The second-order valence-electron chi connectivity index (χ2n) is 9.48. The maximum Gasteiger partial charge on any atom is 0.407 e. The molecule has 0 aromatic heterocycles. The van der Waals surface area contributed by atoms with Crippen LogP contribution in [0.15, 0.2) is 48.5 Å². The van der Waals surface area contributed by atoms with E-state index in [4.69, 9.17) is 9.84 Å². The molecule has 7 heteroatoms. The first-order valence-corrected chi connectivity index (χ1v) is 12.4. The van der Waals surface area contributed by atoms with Gasteiger partial charge in [0.15, 0.2) is 0 Å². The molecule has 2 unspecified atom stereocenters. The molecule has 0 aliphatic heterocycles. The predicted molar refractivity (Wildman–Crippen MR) is 135 cm³/mol. The first kappa shape index (κ1) is 26.3. The van der Waals surface area contributed by atoms with Gasteiger partial charge in [0.05, 0.1) is 0 Å². The minimum Gasteiger partial charge on any atom is -0.481 e. The van der Waals surface area contributed by atoms with Crippen LogP contribution in [-0.4, -0.2) is 42.3 Å². The third-order valence-electron chi connectivity index (χ3n) is 6.76. The highest BCUT2D eigenvalue weighted by Gasteiger charge is 2.30. The number of carboxylic acids is 1. The van der Waals surface area contributed by atoms with Crippen LogP contribution in [0.4, 0.5) is 4.79 Å². The topological polar surface area (TPSA) is 105 Å². The van der Waals surface area contributed by atoms with Crippen LogP contribution >= 0.6 is 0 Å². The maximum absolute atomic E-state index is 12.8. The molecule has 3 rings (SSSR count). The molecule has 0 radical (unpaired) electrons. The summed E-state index contributed by atoms with van der Waals surface area (Å²) >= 11 is 0. The number of ether oxygens (including phenoxy) is 1. The molecule has 0 heterocycles. The number of aliphatic carboxylic acids is 1. The number of carboxylic acid groups (broad SMARTS) is 1. The quantitative estimate of drug-likeness (QED) is 0.399. The molecule has 0 bridgehead atoms. The molecule has 3 N–H and O–H groups in total. The van der Waals surface area contributed by atoms with Gasteiger partial charge in [0, 0.05) is 18.9 Å². The summed E-state index contributed by atoms with van der Waals surface area (Å²) in [7, 11) is 0. The second kappa shape index (κ2) is 12.4. The number of rotatable bonds is 12. The van der Waals surface area contributed by atoms with E-state index in [2.05, 4.69) is 34.9 Å². The lowest BCUT2D eigenvalue weighted by molar-refractivity contribution is -0.137. The highest BCUT2D eigenvalue weighted by Crippen LogP contribution is 2.44. The monoisotopic (exact) mass is 480 g/mol. The van der Waals surface area contributed by atoms with E-state index in [1.807, 2.05) is 45.0 Å². The lowest BCUT2D eigenvalue weighted by Crippen LogP contribution is -2.50. The molecule has 188 valence electrons. The van der Waals surface area contributed by atoms with Crippen molar-refractivity contribution in [1.82, 2.24) is 10.6 Å². The Kier molecular flexibility index (Phi) is 9.29. The highest BCUT2D eigenvalue weighted by atomic mass is 16.5. The van der Waals surface area contributed by atoms with Crippen molar-refractivity contribution in [2.75, 3.05) is 13.2 Å². The van der Waals surface area contributed by atoms with E-state index < -0.39 is 18.1 Å². The van der Waals surface area contributed by atoms with Gasteiger partial charge in [-0.25, -0.2) is 4.79 Å². The van der Waals surface area contributed by atoms with Crippen LogP contribution in [0.5, 0.6) is 0 Å². The largest absolute Gasteiger partial charge is 0.481 e. The molecule has 0 fully saturated rings. The van der Waals surface area contributed by atoms with Gasteiger partial charge in [-0.15, -0.1) is 0 Å². The lowest BCUT2D eigenvalue weighted by Gasteiger charge is -2.23. The van der Waals surface area contributed by atoms with Crippen LogP contribution < -0.4 is 10.6 Å². The Labute approximate surface area is 207 Å². The number of benzene rings is 2. The average molecular weight is 481 g/mol. The SMILES string of the molecule is CCC(CCNC(=O)C(NC(=O)OCC1c2ccccc2-c2ccccc21)C(C)C)CCC(=O)O. The van der Waals surface area contributed by atoms with Gasteiger partial charge in [-0.3, -0.25) is 9.59 Å². The molecular formula is C28H36N2O5. The number of carbonyl (C=O) groups excluding carboxylic acids is 2. The van der Waals surface area contributed by atoms with E-state index in [9.17, 15) is 14.4 Å². The van der Waals surface area contributed by atoms with Gasteiger partial charge in [-0.2, -0.15) is 0 Å². The van der Waals surface area contributed by atoms with E-state index in [-0.39, 0.29) is 36.7 Å². The standard InChI is InChI=1S/C28H36N2O5/c1-4-19(13-14-25(31)32)15-16-29-27(33)26(18(2)3)30-28(34)35-17-24-22-11-7-5-9-20(22)21-10-6-8-12-23(21)24/h5-12,18-19,24,26H,4,13-17H2,1-3H3,(H,29,33)(H,30,34)(H,31,32). The van der Waals surface area contributed by atoms with Crippen LogP contribution in [-0.2, 0) is 14.3 Å². The molecule has 2 aromatic rings. The number of alkyl carbamates (subject to hydrolysis) is 1. The molecular weight excluding hydrogens is 444 g/mol. The van der Waals surface area contributed by atoms with Gasteiger partial charge in [0.1, 0.15) is 12.6 Å². The number of hydrogen-bond donors (Lipinski definition) is 3. The number of amides is 2. The van der Waals surface area contributed by atoms with Crippen LogP contribution in [0.2, 0.25) is 0 Å². The summed E-state index contributed by atoms with van der Waals surface area (Å²) in [6, 6.07) is 15.6. The number of hydrogen-bond acceptors (Lipinski definition) is 4. The first-order chi connectivity index (χ1) is 16.8. The van der Waals surface area contributed by atoms with E-state index in [1.165, 1.54) is 0 Å². The molecule has 35 heavy (non-hydrogen) atoms. The zero-order valence-corrected chi connectivity index (χ0v) is 20.8. The Bertz CT molecular complexity index is 990. The van der Waals surface area contributed by atoms with Crippen molar-refractivity contribution in [3.05, 3.63) is 59.7 Å². The maximum atomic E-state index is 12.8. The lowest BCUT2D eigenvalue weighted by atomic mass is 9.96. The van der Waals surface area contributed by atoms with E-state index in [1.54, 1.807) is 0 Å². The third kappa shape index (κ3) is 6.84. The second-order valence-corrected chi connectivity index (χ2v) is 9.48. The summed E-state index contributed by atoms with van der Waals surface area (Å²) in [6.07, 6.45) is 1.66. The molecule has 7 nitrogen and oxygen atoms in total. The average Bonchev–Trinajstić information content (AvgIpc) is 3.16.